The smallest absolute Gasteiger partial charge is 0.242 e. The molecule has 0 radical (unpaired) electrons. The van der Waals surface area contributed by atoms with Crippen LogP contribution in [0.3, 0.4) is 0 Å². The van der Waals surface area contributed by atoms with Gasteiger partial charge in [0.15, 0.2) is 11.6 Å². The molecule has 0 aliphatic heterocycles. The summed E-state index contributed by atoms with van der Waals surface area (Å²) in [5.41, 5.74) is 1.16. The molecule has 3 aromatic rings. The first-order chi connectivity index (χ1) is 9.31. The summed E-state index contributed by atoms with van der Waals surface area (Å²) in [5.74, 6) is 1.84. The number of halogens is 1. The second-order valence-electron chi connectivity index (χ2n) is 3.96. The molecule has 0 saturated carbocycles. The van der Waals surface area contributed by atoms with Crippen LogP contribution in [0.4, 0.5) is 5.95 Å². The van der Waals surface area contributed by atoms with Crippen molar-refractivity contribution in [1.82, 2.24) is 15.2 Å². The van der Waals surface area contributed by atoms with E-state index in [0.29, 0.717) is 24.1 Å². The van der Waals surface area contributed by atoms with Gasteiger partial charge in [-0.2, -0.15) is 4.98 Å². The molecule has 0 unspecified atom stereocenters. The summed E-state index contributed by atoms with van der Waals surface area (Å²) < 4.78 is 6.31. The van der Waals surface area contributed by atoms with E-state index in [1.54, 1.807) is 6.26 Å². The maximum Gasteiger partial charge on any atom is 0.242 e. The number of nitrogens with zero attached hydrogens (tertiary/aromatic N) is 2. The van der Waals surface area contributed by atoms with E-state index in [0.717, 1.165) is 10.0 Å². The molecule has 3 rings (SSSR count). The third-order valence-corrected chi connectivity index (χ3v) is 3.13. The number of nitrogens with one attached hydrogen (secondary N) is 2. The lowest BCUT2D eigenvalue weighted by atomic mass is 10.2. The number of furan rings is 1. The lowest BCUT2D eigenvalue weighted by Crippen LogP contribution is -2.00. The number of hydrogen-bond acceptors (Lipinski definition) is 4. The zero-order valence-electron chi connectivity index (χ0n) is 9.93. The molecule has 1 aromatic carbocycles. The van der Waals surface area contributed by atoms with Crippen molar-refractivity contribution in [2.45, 2.75) is 6.54 Å². The average Bonchev–Trinajstić information content (AvgIpc) is 3.09. The van der Waals surface area contributed by atoms with Crippen LogP contribution in [-0.2, 0) is 6.54 Å². The molecule has 2 N–H and O–H groups in total. The highest BCUT2D eigenvalue weighted by molar-refractivity contribution is 9.10. The molecule has 2 heterocycles. The molecular formula is C13H11BrN4O. The van der Waals surface area contributed by atoms with E-state index >= 15 is 0 Å². The van der Waals surface area contributed by atoms with Crippen LogP contribution in [0.15, 0.2) is 51.6 Å². The van der Waals surface area contributed by atoms with Gasteiger partial charge in [-0.1, -0.05) is 28.1 Å². The quantitative estimate of drug-likeness (QED) is 0.773. The van der Waals surface area contributed by atoms with Gasteiger partial charge in [0.25, 0.3) is 0 Å². The molecule has 2 aromatic heterocycles. The normalized spacial score (nSPS) is 10.6. The number of H-pyrrole nitrogens is 1. The molecule has 0 aliphatic carbocycles. The maximum atomic E-state index is 5.24. The van der Waals surface area contributed by atoms with Crippen molar-refractivity contribution in [3.05, 3.63) is 52.7 Å². The van der Waals surface area contributed by atoms with Gasteiger partial charge >= 0.3 is 0 Å². The maximum absolute atomic E-state index is 5.24. The topological polar surface area (TPSA) is 66.7 Å². The molecular weight excluding hydrogens is 308 g/mol. The number of anilines is 1. The second kappa shape index (κ2) is 5.27. The fourth-order valence-electron chi connectivity index (χ4n) is 1.65. The van der Waals surface area contributed by atoms with Crippen LogP contribution >= 0.6 is 15.9 Å². The molecule has 0 amide bonds. The van der Waals surface area contributed by atoms with Gasteiger partial charge in [-0.3, -0.25) is 5.10 Å². The Morgan fingerprint density at radius 1 is 1.21 bits per heavy atom. The number of rotatable bonds is 4. The van der Waals surface area contributed by atoms with Gasteiger partial charge in [0.2, 0.25) is 5.95 Å². The lowest BCUT2D eigenvalue weighted by molar-refractivity contribution is 0.577. The minimum Gasteiger partial charge on any atom is -0.461 e. The molecule has 0 aliphatic rings. The summed E-state index contributed by atoms with van der Waals surface area (Å²) in [4.78, 5) is 4.30. The second-order valence-corrected chi connectivity index (χ2v) is 4.88. The minimum atomic E-state index is 0.550. The molecule has 0 atom stereocenters. The molecule has 0 saturated heterocycles. The van der Waals surface area contributed by atoms with E-state index in [1.165, 1.54) is 0 Å². The highest BCUT2D eigenvalue weighted by atomic mass is 79.9. The average molecular weight is 319 g/mol. The van der Waals surface area contributed by atoms with Crippen molar-refractivity contribution in [3.8, 4) is 11.6 Å². The largest absolute Gasteiger partial charge is 0.461 e. The fraction of sp³-hybridized carbons (Fsp3) is 0.0769. The van der Waals surface area contributed by atoms with Crippen molar-refractivity contribution in [2.24, 2.45) is 0 Å². The molecule has 0 fully saturated rings. The minimum absolute atomic E-state index is 0.550. The first-order valence-electron chi connectivity index (χ1n) is 5.76. The van der Waals surface area contributed by atoms with Crippen molar-refractivity contribution < 1.29 is 4.42 Å². The van der Waals surface area contributed by atoms with Crippen LogP contribution in [0, 0.1) is 0 Å². The Hall–Kier alpha value is -2.08. The monoisotopic (exact) mass is 318 g/mol. The van der Waals surface area contributed by atoms with Gasteiger partial charge < -0.3 is 9.73 Å². The van der Waals surface area contributed by atoms with E-state index in [9.17, 15) is 0 Å². The van der Waals surface area contributed by atoms with Crippen molar-refractivity contribution >= 4 is 21.9 Å². The summed E-state index contributed by atoms with van der Waals surface area (Å²) in [5, 5.41) is 10.1. The zero-order valence-corrected chi connectivity index (χ0v) is 11.5. The van der Waals surface area contributed by atoms with Crippen LogP contribution in [-0.4, -0.2) is 15.2 Å². The Morgan fingerprint density at radius 3 is 2.79 bits per heavy atom. The van der Waals surface area contributed by atoms with Gasteiger partial charge in [-0.15, -0.1) is 5.10 Å². The Balaban J connectivity index is 1.66. The van der Waals surface area contributed by atoms with Crippen molar-refractivity contribution in [3.63, 3.8) is 0 Å². The molecule has 96 valence electrons. The summed E-state index contributed by atoms with van der Waals surface area (Å²) in [7, 11) is 0. The third-order valence-electron chi connectivity index (χ3n) is 2.60. The van der Waals surface area contributed by atoms with E-state index in [-0.39, 0.29) is 0 Å². The first-order valence-corrected chi connectivity index (χ1v) is 6.55. The predicted octanol–water partition coefficient (Wildman–Crippen LogP) is 3.44. The standard InChI is InChI=1S/C13H11BrN4O/c14-10-5-3-9(4-6-10)8-15-13-16-12(17-18-13)11-2-1-7-19-11/h1-7H,8H2,(H2,15,16,17,18). The van der Waals surface area contributed by atoms with Crippen LogP contribution in [0.1, 0.15) is 5.56 Å². The van der Waals surface area contributed by atoms with Gasteiger partial charge in [0, 0.05) is 11.0 Å². The Kier molecular flexibility index (Phi) is 3.33. The fourth-order valence-corrected chi connectivity index (χ4v) is 1.91. The van der Waals surface area contributed by atoms with Crippen molar-refractivity contribution in [1.29, 1.82) is 0 Å². The third kappa shape index (κ3) is 2.85. The Labute approximate surface area is 118 Å². The summed E-state index contributed by atoms with van der Waals surface area (Å²) in [6, 6.07) is 11.7. The highest BCUT2D eigenvalue weighted by Gasteiger charge is 2.07. The molecule has 6 heteroatoms. The van der Waals surface area contributed by atoms with Gasteiger partial charge in [-0.05, 0) is 29.8 Å². The van der Waals surface area contributed by atoms with E-state index in [2.05, 4.69) is 36.4 Å². The van der Waals surface area contributed by atoms with E-state index < -0.39 is 0 Å². The number of hydrogen-bond donors (Lipinski definition) is 2. The summed E-state index contributed by atoms with van der Waals surface area (Å²) in [6.07, 6.45) is 1.60. The molecule has 5 nitrogen and oxygen atoms in total. The molecule has 0 bridgehead atoms. The van der Waals surface area contributed by atoms with Gasteiger partial charge in [0.05, 0.1) is 6.26 Å². The van der Waals surface area contributed by atoms with Crippen LogP contribution in [0.5, 0.6) is 0 Å². The first kappa shape index (κ1) is 12.0. The van der Waals surface area contributed by atoms with E-state index in [4.69, 9.17) is 4.42 Å². The number of aromatic amines is 1. The number of benzene rings is 1. The predicted molar refractivity (Wildman–Crippen MR) is 75.6 cm³/mol. The Bertz CT molecular complexity index is 646. The van der Waals surface area contributed by atoms with Gasteiger partial charge in [-0.25, -0.2) is 0 Å². The molecule has 19 heavy (non-hydrogen) atoms. The highest BCUT2D eigenvalue weighted by Crippen LogP contribution is 2.16. The van der Waals surface area contributed by atoms with Crippen LogP contribution < -0.4 is 5.32 Å². The number of aromatic nitrogens is 3. The SMILES string of the molecule is Brc1ccc(CNc2n[nH]c(-c3ccco3)n2)cc1. The van der Waals surface area contributed by atoms with Crippen LogP contribution in [0.2, 0.25) is 0 Å². The summed E-state index contributed by atoms with van der Waals surface area (Å²) >= 11 is 3.41. The van der Waals surface area contributed by atoms with Crippen molar-refractivity contribution in [2.75, 3.05) is 5.32 Å². The van der Waals surface area contributed by atoms with E-state index in [1.807, 2.05) is 36.4 Å². The lowest BCUT2D eigenvalue weighted by Gasteiger charge is -2.01. The zero-order chi connectivity index (χ0) is 13.1. The van der Waals surface area contributed by atoms with Crippen LogP contribution in [0.25, 0.3) is 11.6 Å². The molecule has 0 spiro atoms. The Morgan fingerprint density at radius 2 is 2.05 bits per heavy atom. The summed E-state index contributed by atoms with van der Waals surface area (Å²) in [6.45, 7) is 0.669. The van der Waals surface area contributed by atoms with Gasteiger partial charge in [0.1, 0.15) is 0 Å².